The van der Waals surface area contributed by atoms with E-state index in [0.29, 0.717) is 5.56 Å². The first-order valence-electron chi connectivity index (χ1n) is 4.81. The number of hydrogen-bond donors (Lipinski definition) is 2. The number of guanidine groups is 1. The Kier molecular flexibility index (Phi) is 2.78. The van der Waals surface area contributed by atoms with Crippen molar-refractivity contribution in [3.05, 3.63) is 35.3 Å². The molecule has 0 saturated heterocycles. The quantitative estimate of drug-likeness (QED) is 0.738. The van der Waals surface area contributed by atoms with E-state index in [1.54, 1.807) is 0 Å². The predicted octanol–water partition coefficient (Wildman–Crippen LogP) is 0.620. The second-order valence-electron chi connectivity index (χ2n) is 3.37. The highest BCUT2D eigenvalue weighted by Gasteiger charge is 2.17. The molecule has 1 aromatic carbocycles. The molecule has 3 N–H and O–H groups in total. The molecular formula is C11H10FN3O2. The number of benzene rings is 1. The van der Waals surface area contributed by atoms with Gasteiger partial charge in [0.15, 0.2) is 11.6 Å². The molecule has 0 fully saturated rings. The van der Waals surface area contributed by atoms with Crippen molar-refractivity contribution in [3.63, 3.8) is 0 Å². The van der Waals surface area contributed by atoms with Gasteiger partial charge in [0.1, 0.15) is 5.70 Å². The van der Waals surface area contributed by atoms with Gasteiger partial charge in [0.2, 0.25) is 5.96 Å². The second kappa shape index (κ2) is 4.25. The Morgan fingerprint density at radius 3 is 2.88 bits per heavy atom. The van der Waals surface area contributed by atoms with Gasteiger partial charge in [-0.2, -0.15) is 0 Å². The molecule has 1 aliphatic rings. The molecule has 0 spiro atoms. The number of methoxy groups -OCH3 is 1. The highest BCUT2D eigenvalue weighted by Crippen LogP contribution is 2.20. The van der Waals surface area contributed by atoms with E-state index < -0.39 is 5.82 Å². The highest BCUT2D eigenvalue weighted by molar-refractivity contribution is 6.13. The topological polar surface area (TPSA) is 76.7 Å². The summed E-state index contributed by atoms with van der Waals surface area (Å²) in [4.78, 5) is 15.1. The zero-order valence-corrected chi connectivity index (χ0v) is 9.03. The molecule has 1 aromatic rings. The SMILES string of the molecule is COc1cc(/C=C2/N=C(N)NC2=O)ccc1F. The van der Waals surface area contributed by atoms with Crippen molar-refractivity contribution in [2.75, 3.05) is 7.11 Å². The molecule has 0 bridgehead atoms. The number of nitrogens with one attached hydrogen (secondary N) is 1. The summed E-state index contributed by atoms with van der Waals surface area (Å²) in [5.41, 5.74) is 6.12. The number of aliphatic imine (C=N–C) groups is 1. The zero-order chi connectivity index (χ0) is 12.4. The first-order valence-corrected chi connectivity index (χ1v) is 4.81. The van der Waals surface area contributed by atoms with Crippen LogP contribution in [0.5, 0.6) is 5.75 Å². The van der Waals surface area contributed by atoms with Gasteiger partial charge in [-0.25, -0.2) is 9.38 Å². The van der Waals surface area contributed by atoms with Crippen LogP contribution in [0.15, 0.2) is 28.9 Å². The minimum Gasteiger partial charge on any atom is -0.494 e. The largest absolute Gasteiger partial charge is 0.494 e. The predicted molar refractivity (Wildman–Crippen MR) is 60.7 cm³/mol. The van der Waals surface area contributed by atoms with Crippen LogP contribution in [0.25, 0.3) is 6.08 Å². The fourth-order valence-electron chi connectivity index (χ4n) is 1.41. The number of nitrogens with two attached hydrogens (primary N) is 1. The molecule has 0 unspecified atom stereocenters. The molecule has 2 rings (SSSR count). The summed E-state index contributed by atoms with van der Waals surface area (Å²) in [6, 6.07) is 4.24. The van der Waals surface area contributed by atoms with Crippen molar-refractivity contribution >= 4 is 17.9 Å². The number of halogens is 1. The number of carbonyl (C=O) groups is 1. The maximum absolute atomic E-state index is 13.1. The fraction of sp³-hybridized carbons (Fsp3) is 0.0909. The van der Waals surface area contributed by atoms with Gasteiger partial charge in [-0.3, -0.25) is 10.1 Å². The Balaban J connectivity index is 2.36. The Morgan fingerprint density at radius 2 is 2.29 bits per heavy atom. The monoisotopic (exact) mass is 235 g/mol. The van der Waals surface area contributed by atoms with Gasteiger partial charge in [-0.15, -0.1) is 0 Å². The van der Waals surface area contributed by atoms with Crippen molar-refractivity contribution < 1.29 is 13.9 Å². The van der Waals surface area contributed by atoms with Crippen LogP contribution in [0.2, 0.25) is 0 Å². The maximum Gasteiger partial charge on any atom is 0.276 e. The molecule has 5 nitrogen and oxygen atoms in total. The van der Waals surface area contributed by atoms with E-state index in [9.17, 15) is 9.18 Å². The van der Waals surface area contributed by atoms with E-state index in [1.165, 1.54) is 31.4 Å². The normalized spacial score (nSPS) is 16.9. The van der Waals surface area contributed by atoms with E-state index in [4.69, 9.17) is 10.5 Å². The summed E-state index contributed by atoms with van der Waals surface area (Å²) in [5, 5.41) is 2.34. The fourth-order valence-corrected chi connectivity index (χ4v) is 1.41. The van der Waals surface area contributed by atoms with Gasteiger partial charge in [0, 0.05) is 0 Å². The van der Waals surface area contributed by atoms with Crippen LogP contribution in [0.4, 0.5) is 4.39 Å². The van der Waals surface area contributed by atoms with Crippen LogP contribution in [0, 0.1) is 5.82 Å². The standard InChI is InChI=1S/C11H10FN3O2/c1-17-9-5-6(2-3-7(9)12)4-8-10(16)15-11(13)14-8/h2-5H,1H3,(H3,13,14,15,16)/b8-4+. The van der Waals surface area contributed by atoms with Crippen molar-refractivity contribution in [2.24, 2.45) is 10.7 Å². The molecule has 1 aliphatic heterocycles. The van der Waals surface area contributed by atoms with E-state index in [1.807, 2.05) is 0 Å². The van der Waals surface area contributed by atoms with Crippen LogP contribution in [0.1, 0.15) is 5.56 Å². The van der Waals surface area contributed by atoms with E-state index in [0.717, 1.165) is 0 Å². The van der Waals surface area contributed by atoms with Crippen LogP contribution in [0.3, 0.4) is 0 Å². The van der Waals surface area contributed by atoms with E-state index in [2.05, 4.69) is 10.3 Å². The zero-order valence-electron chi connectivity index (χ0n) is 9.03. The lowest BCUT2D eigenvalue weighted by atomic mass is 10.1. The first-order chi connectivity index (χ1) is 8.10. The molecule has 88 valence electrons. The maximum atomic E-state index is 13.1. The summed E-state index contributed by atoms with van der Waals surface area (Å²) in [6.45, 7) is 0. The number of hydrogen-bond acceptors (Lipinski definition) is 4. The molecule has 17 heavy (non-hydrogen) atoms. The molecule has 0 atom stereocenters. The van der Waals surface area contributed by atoms with Gasteiger partial charge >= 0.3 is 0 Å². The number of carbonyl (C=O) groups excluding carboxylic acids is 1. The Morgan fingerprint density at radius 1 is 1.53 bits per heavy atom. The summed E-state index contributed by atoms with van der Waals surface area (Å²) < 4.78 is 18.0. The Bertz CT molecular complexity index is 538. The van der Waals surface area contributed by atoms with Gasteiger partial charge < -0.3 is 10.5 Å². The van der Waals surface area contributed by atoms with Crippen molar-refractivity contribution in [1.82, 2.24) is 5.32 Å². The molecule has 6 heteroatoms. The number of nitrogens with zero attached hydrogens (tertiary/aromatic N) is 1. The van der Waals surface area contributed by atoms with Crippen molar-refractivity contribution in [2.45, 2.75) is 0 Å². The second-order valence-corrected chi connectivity index (χ2v) is 3.37. The molecule has 0 radical (unpaired) electrons. The molecule has 1 amide bonds. The minimum atomic E-state index is -0.464. The first kappa shape index (κ1) is 11.1. The molecule has 0 aromatic heterocycles. The van der Waals surface area contributed by atoms with Gasteiger partial charge in [0.25, 0.3) is 5.91 Å². The van der Waals surface area contributed by atoms with Gasteiger partial charge in [0.05, 0.1) is 7.11 Å². The summed E-state index contributed by atoms with van der Waals surface area (Å²) >= 11 is 0. The lowest BCUT2D eigenvalue weighted by Gasteiger charge is -2.02. The molecular weight excluding hydrogens is 225 g/mol. The smallest absolute Gasteiger partial charge is 0.276 e. The number of ether oxygens (including phenoxy) is 1. The third-order valence-electron chi connectivity index (χ3n) is 2.19. The van der Waals surface area contributed by atoms with Crippen LogP contribution >= 0.6 is 0 Å². The van der Waals surface area contributed by atoms with Crippen molar-refractivity contribution in [1.29, 1.82) is 0 Å². The third kappa shape index (κ3) is 2.25. The van der Waals surface area contributed by atoms with Crippen LogP contribution in [-0.4, -0.2) is 19.0 Å². The minimum absolute atomic E-state index is 0.0512. The Labute approximate surface area is 96.8 Å². The van der Waals surface area contributed by atoms with Crippen molar-refractivity contribution in [3.8, 4) is 5.75 Å². The average molecular weight is 235 g/mol. The number of rotatable bonds is 2. The van der Waals surface area contributed by atoms with E-state index in [-0.39, 0.29) is 23.3 Å². The third-order valence-corrected chi connectivity index (χ3v) is 2.19. The number of amides is 1. The van der Waals surface area contributed by atoms with E-state index >= 15 is 0 Å². The molecule has 0 aliphatic carbocycles. The molecule has 0 saturated carbocycles. The average Bonchev–Trinajstić information content (AvgIpc) is 2.60. The Hall–Kier alpha value is -2.37. The van der Waals surface area contributed by atoms with Crippen LogP contribution < -0.4 is 15.8 Å². The van der Waals surface area contributed by atoms with Gasteiger partial charge in [-0.05, 0) is 23.8 Å². The van der Waals surface area contributed by atoms with Crippen LogP contribution in [-0.2, 0) is 4.79 Å². The lowest BCUT2D eigenvalue weighted by Crippen LogP contribution is -2.30. The summed E-state index contributed by atoms with van der Waals surface area (Å²) in [7, 11) is 1.37. The summed E-state index contributed by atoms with van der Waals surface area (Å²) in [6.07, 6.45) is 1.50. The molecule has 1 heterocycles. The lowest BCUT2D eigenvalue weighted by molar-refractivity contribution is -0.115. The highest BCUT2D eigenvalue weighted by atomic mass is 19.1. The summed E-state index contributed by atoms with van der Waals surface area (Å²) in [5.74, 6) is -0.690. The van der Waals surface area contributed by atoms with Gasteiger partial charge in [-0.1, -0.05) is 6.07 Å².